The second kappa shape index (κ2) is 9.44. The molecule has 0 aliphatic carbocycles. The number of rotatable bonds is 6. The third-order valence-electron chi connectivity index (χ3n) is 4.42. The molecule has 0 radical (unpaired) electrons. The first kappa shape index (κ1) is 19.3. The Hall–Kier alpha value is -2.50. The third kappa shape index (κ3) is 5.02. The Morgan fingerprint density at radius 3 is 2.15 bits per heavy atom. The zero-order valence-electron chi connectivity index (χ0n) is 15.7. The third-order valence-corrected chi connectivity index (χ3v) is 4.98. The van der Waals surface area contributed by atoms with Crippen LogP contribution in [-0.2, 0) is 19.4 Å². The quantitative estimate of drug-likeness (QED) is 0.340. The fourth-order valence-electron chi connectivity index (χ4n) is 2.95. The summed E-state index contributed by atoms with van der Waals surface area (Å²) < 4.78 is 2.14. The van der Waals surface area contributed by atoms with Crippen molar-refractivity contribution in [2.24, 2.45) is 0 Å². The number of para-hydroxylation sites is 1. The van der Waals surface area contributed by atoms with Gasteiger partial charge in [0, 0.05) is 0 Å². The Morgan fingerprint density at radius 2 is 1.48 bits per heavy atom. The predicted octanol–water partition coefficient (Wildman–Crippen LogP) is 6.39. The monoisotopic (exact) mass is 521 g/mol. The second-order valence-corrected chi connectivity index (χ2v) is 7.42. The summed E-state index contributed by atoms with van der Waals surface area (Å²) in [5.41, 5.74) is 7.24. The van der Waals surface area contributed by atoms with Gasteiger partial charge < -0.3 is 0 Å². The summed E-state index contributed by atoms with van der Waals surface area (Å²) in [6, 6.07) is 27.7. The number of hydrogen-bond acceptors (Lipinski definition) is 1. The number of allylic oxidation sites excluding steroid dienone is 3. The summed E-state index contributed by atoms with van der Waals surface area (Å²) >= 11 is 1.45. The summed E-state index contributed by atoms with van der Waals surface area (Å²) in [6.45, 7) is 4.28. The van der Waals surface area contributed by atoms with E-state index in [0.29, 0.717) is 0 Å². The number of nitrogens with zero attached hydrogens (tertiary/aromatic N) is 1. The van der Waals surface area contributed by atoms with Crippen LogP contribution in [0.1, 0.15) is 16.7 Å². The van der Waals surface area contributed by atoms with E-state index >= 15 is 0 Å². The molecule has 0 amide bonds. The van der Waals surface area contributed by atoms with Crippen molar-refractivity contribution in [1.82, 2.24) is 0 Å². The van der Waals surface area contributed by atoms with E-state index in [1.54, 1.807) is 0 Å². The van der Waals surface area contributed by atoms with Crippen molar-refractivity contribution in [3.63, 3.8) is 0 Å². The molecular weight excluding hydrogens is 498 g/mol. The Labute approximate surface area is 173 Å². The normalized spacial score (nSPS) is 11.6. The zero-order valence-corrected chi connectivity index (χ0v) is 18.6. The van der Waals surface area contributed by atoms with Crippen LogP contribution >= 0.6 is 0 Å². The molecule has 0 unspecified atom stereocenters. The maximum atomic E-state index is 2.28. The van der Waals surface area contributed by atoms with Crippen LogP contribution in [0.4, 0.5) is 11.4 Å². The molecule has 0 aromatic heterocycles. The van der Waals surface area contributed by atoms with E-state index in [4.69, 9.17) is 0 Å². The fraction of sp³-hybridized carbons (Fsp3) is 0.0800. The van der Waals surface area contributed by atoms with E-state index < -0.39 is 0 Å². The minimum absolute atomic E-state index is 1.16. The van der Waals surface area contributed by atoms with E-state index in [0.717, 1.165) is 5.69 Å². The van der Waals surface area contributed by atoms with Crippen LogP contribution in [0.2, 0.25) is 0 Å². The van der Waals surface area contributed by atoms with Crippen molar-refractivity contribution in [3.8, 4) is 0 Å². The second-order valence-electron chi connectivity index (χ2n) is 6.44. The Balaban J connectivity index is 2.17. The summed E-state index contributed by atoms with van der Waals surface area (Å²) in [5, 5.41) is 0. The van der Waals surface area contributed by atoms with Gasteiger partial charge in [-0.1, -0.05) is 0 Å². The van der Waals surface area contributed by atoms with E-state index in [1.165, 1.54) is 47.3 Å². The maximum absolute atomic E-state index is 2.28. The Kier molecular flexibility index (Phi) is 6.73. The van der Waals surface area contributed by atoms with Gasteiger partial charge in [-0.25, -0.2) is 0 Å². The van der Waals surface area contributed by atoms with Crippen LogP contribution in [0.25, 0.3) is 5.57 Å². The molecule has 0 saturated heterocycles. The van der Waals surface area contributed by atoms with Gasteiger partial charge >= 0.3 is 173 Å². The van der Waals surface area contributed by atoms with Crippen LogP contribution in [0.15, 0.2) is 97.2 Å². The number of hydrogen-bond donors (Lipinski definition) is 0. The van der Waals surface area contributed by atoms with Gasteiger partial charge in [-0.15, -0.1) is 0 Å². The van der Waals surface area contributed by atoms with E-state index in [1.807, 2.05) is 0 Å². The Bertz CT molecular complexity index is 953. The fourth-order valence-corrected chi connectivity index (χ4v) is 3.23. The average molecular weight is 521 g/mol. The number of anilines is 2. The molecule has 0 saturated carbocycles. The van der Waals surface area contributed by atoms with Crippen LogP contribution < -0.4 is 4.90 Å². The molecule has 0 heterocycles. The molecule has 0 aliphatic rings. The zero-order chi connectivity index (χ0) is 19.1. The van der Waals surface area contributed by atoms with Crippen molar-refractivity contribution in [2.75, 3.05) is 4.90 Å². The summed E-state index contributed by atoms with van der Waals surface area (Å²) in [6.07, 6.45) is 6.54. The summed E-state index contributed by atoms with van der Waals surface area (Å²) in [5.74, 6) is 0. The topological polar surface area (TPSA) is 3.24 Å². The van der Waals surface area contributed by atoms with Gasteiger partial charge in [-0.05, 0) is 0 Å². The molecule has 0 N–H and O–H groups in total. The number of benzene rings is 3. The van der Waals surface area contributed by atoms with Gasteiger partial charge in [0.15, 0.2) is 0 Å². The molecule has 3 aromatic rings. The molecule has 3 aromatic carbocycles. The first-order chi connectivity index (χ1) is 13.2. The molecule has 3 rings (SSSR count). The molecule has 0 atom stereocenters. The van der Waals surface area contributed by atoms with Crippen molar-refractivity contribution in [2.45, 2.75) is 13.8 Å². The van der Waals surface area contributed by atoms with Crippen LogP contribution in [0.5, 0.6) is 0 Å². The van der Waals surface area contributed by atoms with E-state index in [9.17, 15) is 0 Å². The van der Waals surface area contributed by atoms with Crippen LogP contribution in [0, 0.1) is 13.8 Å². The van der Waals surface area contributed by atoms with E-state index in [2.05, 4.69) is 120 Å². The summed E-state index contributed by atoms with van der Waals surface area (Å²) in [4.78, 5) is 2.28. The molecule has 0 aliphatic heterocycles. The van der Waals surface area contributed by atoms with Gasteiger partial charge in [0.1, 0.15) is 0 Å². The molecule has 27 heavy (non-hydrogen) atoms. The molecule has 0 fully saturated rings. The van der Waals surface area contributed by atoms with Gasteiger partial charge in [0.05, 0.1) is 0 Å². The first-order valence-corrected chi connectivity index (χ1v) is 10.7. The van der Waals surface area contributed by atoms with Crippen LogP contribution in [-0.4, -0.2) is 4.40 Å². The van der Waals surface area contributed by atoms with Crippen molar-refractivity contribution in [3.05, 3.63) is 114 Å². The van der Waals surface area contributed by atoms with Gasteiger partial charge in [0.2, 0.25) is 0 Å². The molecule has 1 nitrogen and oxygen atoms in total. The minimum atomic E-state index is 1.16. The van der Waals surface area contributed by atoms with Crippen molar-refractivity contribution in [1.29, 1.82) is 0 Å². The molecule has 2 heteroatoms. The Morgan fingerprint density at radius 1 is 0.815 bits per heavy atom. The molecular formula is C25H23NW. The predicted molar refractivity (Wildman–Crippen MR) is 114 cm³/mol. The number of aryl methyl sites for hydroxylation is 2. The van der Waals surface area contributed by atoms with Crippen LogP contribution in [0.3, 0.4) is 0 Å². The van der Waals surface area contributed by atoms with E-state index in [-0.39, 0.29) is 0 Å². The SMILES string of the molecule is Cc1ccc(N(C=C(C=C[CH]=[W])c2ccccc2)c2ccccc2C)cc1. The first-order valence-electron chi connectivity index (χ1n) is 8.99. The standard InChI is InChI=1S/C25H23N.W/c1-4-10-23(22-12-6-5-7-13-22)19-26(24-17-15-20(2)16-18-24)25-14-9-8-11-21(25)3;/h1,4-19H,2-3H3;. The molecule has 0 spiro atoms. The summed E-state index contributed by atoms with van der Waals surface area (Å²) in [7, 11) is 0. The van der Waals surface area contributed by atoms with Crippen molar-refractivity contribution >= 4 is 21.3 Å². The molecule has 134 valence electrons. The van der Waals surface area contributed by atoms with Crippen molar-refractivity contribution < 1.29 is 19.4 Å². The van der Waals surface area contributed by atoms with Gasteiger partial charge in [-0.2, -0.15) is 0 Å². The molecule has 0 bridgehead atoms. The average Bonchev–Trinajstić information content (AvgIpc) is 2.71. The van der Waals surface area contributed by atoms with Gasteiger partial charge in [-0.3, -0.25) is 0 Å². The van der Waals surface area contributed by atoms with Gasteiger partial charge in [0.25, 0.3) is 0 Å².